The molecule has 4 aromatic rings. The third kappa shape index (κ3) is 30.9. The minimum absolute atomic E-state index is 0.0163. The van der Waals surface area contributed by atoms with Gasteiger partial charge in [-0.25, -0.2) is 0 Å². The summed E-state index contributed by atoms with van der Waals surface area (Å²) in [5.74, 6) is -4.62. The van der Waals surface area contributed by atoms with Crippen LogP contribution < -0.4 is 21.3 Å². The number of nitrogens with zero attached hydrogens (tertiary/aromatic N) is 2. The Bertz CT molecular complexity index is 3350. The molecule has 0 bridgehead atoms. The van der Waals surface area contributed by atoms with Crippen molar-refractivity contribution in [1.29, 1.82) is 0 Å². The second kappa shape index (κ2) is 43.6. The molecule has 4 amide bonds. The minimum Gasteiger partial charge on any atom is -0.379 e. The van der Waals surface area contributed by atoms with E-state index in [1.54, 1.807) is 13.8 Å². The smallest absolute Gasteiger partial charge is 0.224 e. The largest absolute Gasteiger partial charge is 0.379 e. The molecule has 1 unspecified atom stereocenters. The lowest BCUT2D eigenvalue weighted by molar-refractivity contribution is -0.136. The van der Waals surface area contributed by atoms with E-state index >= 15 is 0 Å². The number of morpholine rings is 2. The first-order chi connectivity index (χ1) is 49.1. The molecular formula is C84H118N6O13. The Hall–Kier alpha value is -7.68. The van der Waals surface area contributed by atoms with Crippen molar-refractivity contribution < 1.29 is 62.2 Å². The van der Waals surface area contributed by atoms with Crippen LogP contribution >= 0.6 is 0 Å². The van der Waals surface area contributed by atoms with Gasteiger partial charge in [-0.05, 0) is 130 Å². The lowest BCUT2D eigenvalue weighted by Gasteiger charge is -2.28. The predicted molar refractivity (Wildman–Crippen MR) is 402 cm³/mol. The molecule has 0 saturated carbocycles. The fraction of sp³-hybridized carbons (Fsp3) is 0.571. The van der Waals surface area contributed by atoms with Gasteiger partial charge in [0.15, 0.2) is 23.1 Å². The number of nitrogens with one attached hydrogen (secondary N) is 4. The van der Waals surface area contributed by atoms with Crippen LogP contribution in [-0.4, -0.2) is 170 Å². The Kier molecular flexibility index (Phi) is 35.6. The highest BCUT2D eigenvalue weighted by atomic mass is 16.6. The SMILES string of the molecule is C=C(C)C(=O)[C@H](CC(C)C)NC(=O)[C@@H](CC(=O)[C@H](CC(C)C)NC(=O)[C@H](CCc1ccccc1)CC(=O)CN1CCOCC1)Cc1ccccc1.CC(C)C[C@H](NC(=O)[C@H](CCc1ccccc1)CC(=O)CN1CCOCC1)C(=O)C[C@@H](Cc1ccccc1)C(=O)N[C@@H](CC(C)C)C(=O)C1(C)CO1. The molecule has 0 radical (unpaired) electrons. The van der Waals surface area contributed by atoms with E-state index in [1.165, 1.54) is 0 Å². The quantitative estimate of drug-likeness (QED) is 0.0237. The molecule has 0 aromatic heterocycles. The Morgan fingerprint density at radius 2 is 0.728 bits per heavy atom. The molecule has 19 nitrogen and oxygen atoms in total. The summed E-state index contributed by atoms with van der Waals surface area (Å²) in [7, 11) is 0. The molecule has 4 N–H and O–H groups in total. The number of ether oxygens (including phenoxy) is 3. The summed E-state index contributed by atoms with van der Waals surface area (Å²) in [6.45, 7) is 28.9. The molecule has 3 fully saturated rings. The van der Waals surface area contributed by atoms with Gasteiger partial charge in [-0.15, -0.1) is 0 Å². The Balaban J connectivity index is 0.000000324. The summed E-state index contributed by atoms with van der Waals surface area (Å²) in [4.78, 5) is 141. The average Bonchev–Trinajstić information content (AvgIpc) is 1.63. The number of benzene rings is 4. The van der Waals surface area contributed by atoms with Gasteiger partial charge >= 0.3 is 0 Å². The number of carbonyl (C=O) groups is 10. The number of hydrogen-bond donors (Lipinski definition) is 4. The van der Waals surface area contributed by atoms with Crippen molar-refractivity contribution in [3.05, 3.63) is 156 Å². The number of hydrogen-bond acceptors (Lipinski definition) is 15. The van der Waals surface area contributed by atoms with Gasteiger partial charge in [-0.3, -0.25) is 57.7 Å². The van der Waals surface area contributed by atoms with Crippen LogP contribution in [0.5, 0.6) is 0 Å². The molecule has 3 saturated heterocycles. The van der Waals surface area contributed by atoms with E-state index in [-0.39, 0.29) is 121 Å². The topological polar surface area (TPSA) is 256 Å². The highest BCUT2D eigenvalue weighted by Gasteiger charge is 2.50. The van der Waals surface area contributed by atoms with E-state index in [0.29, 0.717) is 129 Å². The van der Waals surface area contributed by atoms with Crippen LogP contribution in [0.3, 0.4) is 0 Å². The van der Waals surface area contributed by atoms with Crippen LogP contribution in [0.4, 0.5) is 0 Å². The highest BCUT2D eigenvalue weighted by molar-refractivity contribution is 6.02. The molecule has 3 aliphatic heterocycles. The van der Waals surface area contributed by atoms with Gasteiger partial charge in [-0.2, -0.15) is 0 Å². The van der Waals surface area contributed by atoms with Gasteiger partial charge in [0.1, 0.15) is 17.2 Å². The van der Waals surface area contributed by atoms with Gasteiger partial charge < -0.3 is 35.5 Å². The molecule has 562 valence electrons. The molecule has 4 aromatic carbocycles. The Morgan fingerprint density at radius 3 is 1.06 bits per heavy atom. The third-order valence-corrected chi connectivity index (χ3v) is 19.3. The van der Waals surface area contributed by atoms with E-state index in [2.05, 4.69) is 37.6 Å². The van der Waals surface area contributed by atoms with Crippen molar-refractivity contribution >= 4 is 58.3 Å². The van der Waals surface area contributed by atoms with E-state index in [1.807, 2.05) is 177 Å². The van der Waals surface area contributed by atoms with Crippen molar-refractivity contribution in [3.63, 3.8) is 0 Å². The lowest BCUT2D eigenvalue weighted by atomic mass is 9.87. The van der Waals surface area contributed by atoms with Crippen LogP contribution in [0.25, 0.3) is 0 Å². The van der Waals surface area contributed by atoms with Gasteiger partial charge in [0.25, 0.3) is 0 Å². The second-order valence-corrected chi connectivity index (χ2v) is 30.6. The fourth-order valence-electron chi connectivity index (χ4n) is 13.4. The second-order valence-electron chi connectivity index (χ2n) is 30.6. The number of carbonyl (C=O) groups excluding carboxylic acids is 10. The maximum Gasteiger partial charge on any atom is 0.224 e. The summed E-state index contributed by atoms with van der Waals surface area (Å²) in [5, 5.41) is 12.0. The van der Waals surface area contributed by atoms with Crippen molar-refractivity contribution in [2.45, 2.75) is 189 Å². The zero-order valence-corrected chi connectivity index (χ0v) is 63.1. The van der Waals surface area contributed by atoms with E-state index in [0.717, 1.165) is 22.3 Å². The molecule has 19 heteroatoms. The average molecular weight is 1420 g/mol. The molecule has 0 aliphatic carbocycles. The first-order valence-electron chi connectivity index (χ1n) is 37.6. The maximum atomic E-state index is 14.2. The number of amides is 4. The van der Waals surface area contributed by atoms with E-state index in [9.17, 15) is 47.9 Å². The zero-order valence-electron chi connectivity index (χ0n) is 63.1. The summed E-state index contributed by atoms with van der Waals surface area (Å²) in [6.07, 6.45) is 4.36. The highest BCUT2D eigenvalue weighted by Crippen LogP contribution is 2.31. The Labute approximate surface area is 612 Å². The minimum atomic E-state index is -0.898. The van der Waals surface area contributed by atoms with Crippen molar-refractivity contribution in [2.75, 3.05) is 72.3 Å². The number of Topliss-reactive ketones (excluding diaryl/α,β-unsaturated/α-hetero) is 6. The van der Waals surface area contributed by atoms with Crippen molar-refractivity contribution in [1.82, 2.24) is 31.1 Å². The lowest BCUT2D eigenvalue weighted by Crippen LogP contribution is -2.50. The first-order valence-corrected chi connectivity index (χ1v) is 37.6. The molecule has 0 spiro atoms. The molecule has 3 heterocycles. The van der Waals surface area contributed by atoms with Crippen LogP contribution in [0.1, 0.15) is 156 Å². The normalized spacial score (nSPS) is 17.8. The molecule has 3 aliphatic rings. The van der Waals surface area contributed by atoms with E-state index < -0.39 is 53.4 Å². The monoisotopic (exact) mass is 1420 g/mol. The molecular weight excluding hydrogens is 1300 g/mol. The standard InChI is InChI=1S/C42H59N3O7.C42H59N3O6/c1-29(2)22-36(43-40(49)33(17-16-31-12-8-6-9-13-31)25-35(46)27-45-18-20-51-21-19-45)38(47)26-34(24-32-14-10-7-11-15-32)41(50)44-37(23-30(3)4)39(48)42(5)28-52-42;1-29(2)23-37(43-41(49)34(18-17-32-13-9-7-10-14-32)26-36(46)28-45-19-21-51-22-20-45)39(47)27-35(25-33-15-11-8-12-16-33)42(50)44-38(24-30(3)4)40(48)31(5)6/h6-15,29-30,33-34,36-37H,16-28H2,1-5H3,(H,43,49)(H,44,50);7-16,29-30,34-35,37-38H,5,17-28H2,1-4,6H3,(H,43,49)(H,44,50)/t33-,34-,36+,37+,42?;34-,35-,37+,38+/m11/s1. The third-order valence-electron chi connectivity index (χ3n) is 19.3. The number of rotatable bonds is 44. The fourth-order valence-corrected chi connectivity index (χ4v) is 13.4. The molecule has 9 atom stereocenters. The summed E-state index contributed by atoms with van der Waals surface area (Å²) >= 11 is 0. The van der Waals surface area contributed by atoms with Gasteiger partial charge in [-0.1, -0.05) is 183 Å². The van der Waals surface area contributed by atoms with Crippen LogP contribution in [0, 0.1) is 47.3 Å². The maximum absolute atomic E-state index is 14.2. The van der Waals surface area contributed by atoms with Crippen LogP contribution in [0.2, 0.25) is 0 Å². The molecule has 7 rings (SSSR count). The van der Waals surface area contributed by atoms with Gasteiger partial charge in [0.2, 0.25) is 23.6 Å². The number of aryl methyl sites for hydroxylation is 2. The van der Waals surface area contributed by atoms with Gasteiger partial charge in [0.05, 0.1) is 70.3 Å². The Morgan fingerprint density at radius 1 is 0.427 bits per heavy atom. The summed E-state index contributed by atoms with van der Waals surface area (Å²) in [5.41, 5.74) is 3.39. The van der Waals surface area contributed by atoms with Crippen molar-refractivity contribution in [3.8, 4) is 0 Å². The van der Waals surface area contributed by atoms with Crippen LogP contribution in [-0.2, 0) is 87.8 Å². The molecule has 103 heavy (non-hydrogen) atoms. The van der Waals surface area contributed by atoms with E-state index in [4.69, 9.17) is 14.2 Å². The number of epoxide rings is 1. The first kappa shape index (κ1) is 84.3. The van der Waals surface area contributed by atoms with Crippen molar-refractivity contribution in [2.24, 2.45) is 47.3 Å². The zero-order chi connectivity index (χ0) is 75.0. The van der Waals surface area contributed by atoms with Crippen LogP contribution in [0.15, 0.2) is 133 Å². The van der Waals surface area contributed by atoms with Gasteiger partial charge in [0, 0.05) is 75.5 Å². The summed E-state index contributed by atoms with van der Waals surface area (Å²) in [6, 6.07) is 35.5. The predicted octanol–water partition coefficient (Wildman–Crippen LogP) is 10.3. The summed E-state index contributed by atoms with van der Waals surface area (Å²) < 4.78 is 16.3. The number of ketones is 6.